The van der Waals surface area contributed by atoms with Crippen LogP contribution in [0.2, 0.25) is 0 Å². The Hall–Kier alpha value is -1.89. The molecule has 3 amide bonds. The van der Waals surface area contributed by atoms with Gasteiger partial charge in [0.1, 0.15) is 0 Å². The van der Waals surface area contributed by atoms with Gasteiger partial charge in [-0.15, -0.1) is 0 Å². The summed E-state index contributed by atoms with van der Waals surface area (Å²) in [6.07, 6.45) is 2.13. The minimum atomic E-state index is -0.685. The van der Waals surface area contributed by atoms with E-state index in [1.54, 1.807) is 29.2 Å². The summed E-state index contributed by atoms with van der Waals surface area (Å²) in [5, 5.41) is 5.23. The normalized spacial score (nSPS) is 15.4. The summed E-state index contributed by atoms with van der Waals surface area (Å²) in [5.74, 6) is -1.34. The molecule has 6 nitrogen and oxygen atoms in total. The SMILES string of the molecule is O=CN1CCC(NC(=O)C(=O)Nc2ccc(Br)cc2)CC1. The third kappa shape index (κ3) is 4.56. The molecule has 0 saturated carbocycles. The molecule has 1 heterocycles. The maximum Gasteiger partial charge on any atom is 0.313 e. The molecule has 0 atom stereocenters. The fourth-order valence-corrected chi connectivity index (χ4v) is 2.39. The van der Waals surface area contributed by atoms with Gasteiger partial charge in [0.2, 0.25) is 6.41 Å². The molecule has 1 saturated heterocycles. The van der Waals surface area contributed by atoms with E-state index < -0.39 is 11.8 Å². The van der Waals surface area contributed by atoms with Crippen molar-refractivity contribution in [3.63, 3.8) is 0 Å². The smallest absolute Gasteiger partial charge is 0.313 e. The van der Waals surface area contributed by atoms with Crippen molar-refractivity contribution in [2.45, 2.75) is 18.9 Å². The number of hydrogen-bond acceptors (Lipinski definition) is 3. The predicted octanol–water partition coefficient (Wildman–Crippen LogP) is 1.12. The van der Waals surface area contributed by atoms with Gasteiger partial charge in [0.05, 0.1) is 0 Å². The van der Waals surface area contributed by atoms with Crippen molar-refractivity contribution < 1.29 is 14.4 Å². The molecule has 21 heavy (non-hydrogen) atoms. The van der Waals surface area contributed by atoms with Crippen LogP contribution in [0.15, 0.2) is 28.7 Å². The molecule has 1 aromatic carbocycles. The maximum atomic E-state index is 11.8. The van der Waals surface area contributed by atoms with E-state index in [4.69, 9.17) is 0 Å². The van der Waals surface area contributed by atoms with Crippen molar-refractivity contribution in [1.29, 1.82) is 0 Å². The summed E-state index contributed by atoms with van der Waals surface area (Å²) < 4.78 is 0.895. The third-order valence-corrected chi connectivity index (χ3v) is 3.85. The van der Waals surface area contributed by atoms with E-state index in [1.807, 2.05) is 0 Å². The maximum absolute atomic E-state index is 11.8. The molecule has 0 unspecified atom stereocenters. The largest absolute Gasteiger partial charge is 0.345 e. The molecular formula is C14H16BrN3O3. The van der Waals surface area contributed by atoms with Crippen molar-refractivity contribution in [3.05, 3.63) is 28.7 Å². The summed E-state index contributed by atoms with van der Waals surface area (Å²) in [7, 11) is 0. The molecule has 0 spiro atoms. The molecular weight excluding hydrogens is 338 g/mol. The number of nitrogens with zero attached hydrogens (tertiary/aromatic N) is 1. The Kier molecular flexibility index (Phi) is 5.32. The quantitative estimate of drug-likeness (QED) is 0.631. The van der Waals surface area contributed by atoms with E-state index >= 15 is 0 Å². The highest BCUT2D eigenvalue weighted by Crippen LogP contribution is 2.14. The van der Waals surface area contributed by atoms with Crippen molar-refractivity contribution in [3.8, 4) is 0 Å². The molecule has 7 heteroatoms. The van der Waals surface area contributed by atoms with Crippen LogP contribution in [0, 0.1) is 0 Å². The van der Waals surface area contributed by atoms with E-state index in [2.05, 4.69) is 26.6 Å². The Morgan fingerprint density at radius 3 is 2.33 bits per heavy atom. The molecule has 2 rings (SSSR count). The van der Waals surface area contributed by atoms with Crippen molar-refractivity contribution in [1.82, 2.24) is 10.2 Å². The number of amides is 3. The van der Waals surface area contributed by atoms with Gasteiger partial charge in [-0.3, -0.25) is 14.4 Å². The number of piperidine rings is 1. The first-order chi connectivity index (χ1) is 10.1. The van der Waals surface area contributed by atoms with Crippen LogP contribution in [-0.4, -0.2) is 42.3 Å². The Balaban J connectivity index is 1.81. The molecule has 0 aliphatic carbocycles. The summed E-state index contributed by atoms with van der Waals surface area (Å²) in [4.78, 5) is 35.9. The fraction of sp³-hybridized carbons (Fsp3) is 0.357. The first-order valence-electron chi connectivity index (χ1n) is 6.65. The summed E-state index contributed by atoms with van der Waals surface area (Å²) in [6, 6.07) is 6.91. The van der Waals surface area contributed by atoms with Gasteiger partial charge in [-0.1, -0.05) is 15.9 Å². The number of carbonyl (C=O) groups is 3. The van der Waals surface area contributed by atoms with Crippen LogP contribution >= 0.6 is 15.9 Å². The number of likely N-dealkylation sites (tertiary alicyclic amines) is 1. The lowest BCUT2D eigenvalue weighted by Crippen LogP contribution is -2.47. The molecule has 0 radical (unpaired) electrons. The van der Waals surface area contributed by atoms with E-state index in [0.29, 0.717) is 31.6 Å². The highest BCUT2D eigenvalue weighted by atomic mass is 79.9. The number of halogens is 1. The van der Waals surface area contributed by atoms with Gasteiger partial charge in [0, 0.05) is 29.3 Å². The van der Waals surface area contributed by atoms with Crippen LogP contribution < -0.4 is 10.6 Å². The second-order valence-electron chi connectivity index (χ2n) is 4.85. The van der Waals surface area contributed by atoms with Crippen LogP contribution in [0.1, 0.15) is 12.8 Å². The van der Waals surface area contributed by atoms with E-state index in [0.717, 1.165) is 10.9 Å². The molecule has 112 valence electrons. The number of nitrogens with one attached hydrogen (secondary N) is 2. The number of benzene rings is 1. The first kappa shape index (κ1) is 15.5. The van der Waals surface area contributed by atoms with Gasteiger partial charge in [0.25, 0.3) is 0 Å². The zero-order chi connectivity index (χ0) is 15.2. The summed E-state index contributed by atoms with van der Waals surface area (Å²) >= 11 is 3.30. The van der Waals surface area contributed by atoms with Gasteiger partial charge in [-0.05, 0) is 37.1 Å². The zero-order valence-corrected chi connectivity index (χ0v) is 12.9. The fourth-order valence-electron chi connectivity index (χ4n) is 2.12. The summed E-state index contributed by atoms with van der Waals surface area (Å²) in [5.41, 5.74) is 0.564. The van der Waals surface area contributed by atoms with Crippen molar-refractivity contribution in [2.24, 2.45) is 0 Å². The van der Waals surface area contributed by atoms with Gasteiger partial charge in [-0.25, -0.2) is 0 Å². The molecule has 1 aromatic rings. The monoisotopic (exact) mass is 353 g/mol. The van der Waals surface area contributed by atoms with E-state index in [-0.39, 0.29) is 6.04 Å². The van der Waals surface area contributed by atoms with Crippen LogP contribution in [-0.2, 0) is 14.4 Å². The zero-order valence-electron chi connectivity index (χ0n) is 11.3. The molecule has 2 N–H and O–H groups in total. The van der Waals surface area contributed by atoms with Gasteiger partial charge in [-0.2, -0.15) is 0 Å². The summed E-state index contributed by atoms with van der Waals surface area (Å²) in [6.45, 7) is 1.20. The molecule has 1 fully saturated rings. The molecule has 1 aliphatic rings. The lowest BCUT2D eigenvalue weighted by atomic mass is 10.1. The lowest BCUT2D eigenvalue weighted by molar-refractivity contribution is -0.136. The predicted molar refractivity (Wildman–Crippen MR) is 81.6 cm³/mol. The second-order valence-corrected chi connectivity index (χ2v) is 5.77. The van der Waals surface area contributed by atoms with Crippen molar-refractivity contribution >= 4 is 39.8 Å². The van der Waals surface area contributed by atoms with E-state index in [1.165, 1.54) is 0 Å². The highest BCUT2D eigenvalue weighted by Gasteiger charge is 2.22. The average molecular weight is 354 g/mol. The number of anilines is 1. The Labute approximate surface area is 131 Å². The number of carbonyl (C=O) groups excluding carboxylic acids is 3. The minimum Gasteiger partial charge on any atom is -0.345 e. The Bertz CT molecular complexity index is 525. The second kappa shape index (κ2) is 7.21. The van der Waals surface area contributed by atoms with Crippen LogP contribution in [0.5, 0.6) is 0 Å². The van der Waals surface area contributed by atoms with Gasteiger partial charge < -0.3 is 15.5 Å². The first-order valence-corrected chi connectivity index (χ1v) is 7.44. The molecule has 1 aliphatic heterocycles. The van der Waals surface area contributed by atoms with Gasteiger partial charge >= 0.3 is 11.8 Å². The number of hydrogen-bond donors (Lipinski definition) is 2. The molecule has 0 aromatic heterocycles. The Morgan fingerprint density at radius 2 is 1.76 bits per heavy atom. The van der Waals surface area contributed by atoms with Crippen LogP contribution in [0.3, 0.4) is 0 Å². The minimum absolute atomic E-state index is 0.0654. The topological polar surface area (TPSA) is 78.5 Å². The third-order valence-electron chi connectivity index (χ3n) is 3.32. The average Bonchev–Trinajstić information content (AvgIpc) is 2.50. The Morgan fingerprint density at radius 1 is 1.14 bits per heavy atom. The standard InChI is InChI=1S/C14H16BrN3O3/c15-10-1-3-11(4-2-10)16-13(20)14(21)17-12-5-7-18(9-19)8-6-12/h1-4,9,12H,5-8H2,(H,16,20)(H,17,21). The number of rotatable bonds is 3. The van der Waals surface area contributed by atoms with Gasteiger partial charge in [0.15, 0.2) is 0 Å². The van der Waals surface area contributed by atoms with E-state index in [9.17, 15) is 14.4 Å². The van der Waals surface area contributed by atoms with Crippen LogP contribution in [0.4, 0.5) is 5.69 Å². The van der Waals surface area contributed by atoms with Crippen molar-refractivity contribution in [2.75, 3.05) is 18.4 Å². The van der Waals surface area contributed by atoms with Crippen LogP contribution in [0.25, 0.3) is 0 Å². The molecule has 0 bridgehead atoms. The highest BCUT2D eigenvalue weighted by molar-refractivity contribution is 9.10. The lowest BCUT2D eigenvalue weighted by Gasteiger charge is -2.29.